The van der Waals surface area contributed by atoms with Crippen molar-refractivity contribution in [3.63, 3.8) is 0 Å². The van der Waals surface area contributed by atoms with E-state index in [9.17, 15) is 4.79 Å². The summed E-state index contributed by atoms with van der Waals surface area (Å²) in [5.41, 5.74) is 8.91. The van der Waals surface area contributed by atoms with Crippen LogP contribution in [-0.4, -0.2) is 25.4 Å². The quantitative estimate of drug-likeness (QED) is 0.237. The van der Waals surface area contributed by atoms with Gasteiger partial charge in [-0.2, -0.15) is 0 Å². The molecule has 158 valence electrons. The molecule has 1 amide bonds. The van der Waals surface area contributed by atoms with E-state index in [2.05, 4.69) is 43.3 Å². The van der Waals surface area contributed by atoms with Crippen LogP contribution in [0.5, 0.6) is 0 Å². The maximum Gasteiger partial charge on any atom is 0.277 e. The Kier molecular flexibility index (Phi) is 6.73. The highest BCUT2D eigenvalue weighted by molar-refractivity contribution is 6.35. The van der Waals surface area contributed by atoms with Crippen molar-refractivity contribution in [2.75, 3.05) is 5.73 Å². The first-order chi connectivity index (χ1) is 13.9. The Bertz CT molecular complexity index is 1250. The van der Waals surface area contributed by atoms with E-state index < -0.39 is 5.91 Å². The molecule has 0 aliphatic carbocycles. The summed E-state index contributed by atoms with van der Waals surface area (Å²) in [5, 5.41) is 3.96. The Hall–Kier alpha value is -2.11. The second-order valence-electron chi connectivity index (χ2n) is 6.51. The summed E-state index contributed by atoms with van der Waals surface area (Å²) in [6.45, 7) is 5.90. The van der Waals surface area contributed by atoms with Gasteiger partial charge in [-0.05, 0) is 26.0 Å². The fraction of sp³-hybridized carbons (Fsp3) is 0.263. The number of benzene rings is 1. The molecule has 4 rings (SSSR count). The van der Waals surface area contributed by atoms with E-state index in [1.165, 1.54) is 0 Å². The monoisotopic (exact) mass is 559 g/mol. The van der Waals surface area contributed by atoms with E-state index in [-0.39, 0.29) is 35.5 Å². The van der Waals surface area contributed by atoms with Gasteiger partial charge in [0.2, 0.25) is 0 Å². The second kappa shape index (κ2) is 8.94. The number of aromatic nitrogens is 5. The number of carbonyl (C=O) groups is 1. The summed E-state index contributed by atoms with van der Waals surface area (Å²) in [4.78, 5) is 24.1. The van der Waals surface area contributed by atoms with Gasteiger partial charge < -0.3 is 40.0 Å². The lowest BCUT2D eigenvalue weighted by Gasteiger charge is -2.07. The molecule has 0 unspecified atom stereocenters. The fourth-order valence-electron chi connectivity index (χ4n) is 3.59. The summed E-state index contributed by atoms with van der Waals surface area (Å²) in [6, 6.07) is 5.79. The van der Waals surface area contributed by atoms with Crippen LogP contribution in [-0.2, 0) is 19.6 Å². The predicted molar refractivity (Wildman–Crippen MR) is 113 cm³/mol. The highest BCUT2D eigenvalue weighted by atomic mass is 127. The van der Waals surface area contributed by atoms with E-state index >= 15 is 0 Å². The minimum atomic E-state index is -0.414. The number of amides is 1. The molecule has 0 saturated carbocycles. The first-order valence-corrected chi connectivity index (χ1v) is 9.98. The molecule has 3 aromatic heterocycles. The minimum Gasteiger partial charge on any atom is -1.00 e. The minimum absolute atomic E-state index is 0. The third-order valence-corrected chi connectivity index (χ3v) is 5.40. The zero-order valence-electron chi connectivity index (χ0n) is 16.3. The lowest BCUT2D eigenvalue weighted by Crippen LogP contribution is -3.00. The number of halogens is 3. The van der Waals surface area contributed by atoms with Crippen LogP contribution in [0.15, 0.2) is 24.4 Å². The summed E-state index contributed by atoms with van der Waals surface area (Å²) < 4.78 is 4.28. The molecule has 0 fully saturated rings. The van der Waals surface area contributed by atoms with Gasteiger partial charge in [0, 0.05) is 17.3 Å². The van der Waals surface area contributed by atoms with Gasteiger partial charge in [-0.15, -0.1) is 0 Å². The number of nitrogen functional groups attached to an aromatic ring is 1. The van der Waals surface area contributed by atoms with Gasteiger partial charge in [-0.3, -0.25) is 4.79 Å². The number of aromatic amines is 1. The van der Waals surface area contributed by atoms with Gasteiger partial charge in [-0.1, -0.05) is 23.2 Å². The fourth-order valence-corrected chi connectivity index (χ4v) is 3.94. The van der Waals surface area contributed by atoms with E-state index in [0.29, 0.717) is 27.8 Å². The summed E-state index contributed by atoms with van der Waals surface area (Å²) >= 11 is 12.3. The van der Waals surface area contributed by atoms with Crippen molar-refractivity contribution in [3.8, 4) is 0 Å². The number of nitrogens with two attached hydrogens (primary N) is 1. The Labute approximate surface area is 199 Å². The van der Waals surface area contributed by atoms with Crippen molar-refractivity contribution >= 4 is 57.1 Å². The van der Waals surface area contributed by atoms with E-state index in [4.69, 9.17) is 28.9 Å². The Morgan fingerprint density at radius 1 is 1.30 bits per heavy atom. The van der Waals surface area contributed by atoms with Crippen molar-refractivity contribution in [2.45, 2.75) is 33.5 Å². The van der Waals surface area contributed by atoms with E-state index in [1.54, 1.807) is 6.20 Å². The number of hydrogen-bond donors (Lipinski definition) is 3. The molecule has 0 aliphatic rings. The molecule has 0 spiro atoms. The van der Waals surface area contributed by atoms with Crippen LogP contribution >= 0.6 is 23.2 Å². The number of imidazole rings is 1. The standard InChI is InChI=1S/C19H19Cl2N7O.HI/c1-3-27-12-6-5-10(20)7-13(12)28(4-2)14(27)9-24-19(29)16-17(22)26-18-15(25-16)11(21)8-23-18;/h5-8H,3-4,9H2,1-2H3,(H3-,22,23,24,25,26,29);1H. The summed E-state index contributed by atoms with van der Waals surface area (Å²) in [7, 11) is 0. The van der Waals surface area contributed by atoms with Crippen LogP contribution in [0.3, 0.4) is 0 Å². The van der Waals surface area contributed by atoms with Gasteiger partial charge >= 0.3 is 0 Å². The maximum absolute atomic E-state index is 12.8. The predicted octanol–water partition coefficient (Wildman–Crippen LogP) is 0.0629. The van der Waals surface area contributed by atoms with Gasteiger partial charge in [0.05, 0.1) is 18.1 Å². The topological polar surface area (TPSA) is 105 Å². The molecular formula is C19H20Cl2IN7O. The molecule has 0 radical (unpaired) electrons. The first-order valence-electron chi connectivity index (χ1n) is 9.23. The number of H-pyrrole nitrogens is 1. The molecule has 30 heavy (non-hydrogen) atoms. The molecule has 1 aromatic carbocycles. The molecular weight excluding hydrogens is 540 g/mol. The van der Waals surface area contributed by atoms with Crippen LogP contribution in [0.1, 0.15) is 30.2 Å². The van der Waals surface area contributed by atoms with Crippen LogP contribution in [0.4, 0.5) is 5.82 Å². The van der Waals surface area contributed by atoms with Gasteiger partial charge in [0.1, 0.15) is 12.1 Å². The van der Waals surface area contributed by atoms with Crippen molar-refractivity contribution in [1.82, 2.24) is 24.8 Å². The van der Waals surface area contributed by atoms with Crippen molar-refractivity contribution in [3.05, 3.63) is 46.0 Å². The number of anilines is 1. The SMILES string of the molecule is CCn1c(CNC(=O)c2nc3c(Cl)c[nH]c3nc2N)[n+](CC)c2ccc(Cl)cc21.[I-]. The van der Waals surface area contributed by atoms with Crippen molar-refractivity contribution < 1.29 is 33.3 Å². The molecule has 11 heteroatoms. The number of hydrogen-bond acceptors (Lipinski definition) is 4. The Balaban J connectivity index is 0.00000256. The Morgan fingerprint density at radius 2 is 2.07 bits per heavy atom. The lowest BCUT2D eigenvalue weighted by atomic mass is 10.3. The third kappa shape index (κ3) is 3.81. The van der Waals surface area contributed by atoms with E-state index in [1.807, 2.05) is 18.2 Å². The normalized spacial score (nSPS) is 11.1. The molecule has 3 heterocycles. The molecule has 4 N–H and O–H groups in total. The molecule has 0 aliphatic heterocycles. The first kappa shape index (κ1) is 22.6. The average molecular weight is 560 g/mol. The van der Waals surface area contributed by atoms with Crippen molar-refractivity contribution in [1.29, 1.82) is 0 Å². The average Bonchev–Trinajstić information content (AvgIpc) is 3.21. The van der Waals surface area contributed by atoms with Crippen LogP contribution in [0.25, 0.3) is 22.2 Å². The van der Waals surface area contributed by atoms with Crippen LogP contribution in [0, 0.1) is 0 Å². The highest BCUT2D eigenvalue weighted by Crippen LogP contribution is 2.22. The summed E-state index contributed by atoms with van der Waals surface area (Å²) in [5.74, 6) is 0.579. The number of nitrogens with one attached hydrogen (secondary N) is 2. The number of carbonyl (C=O) groups excluding carboxylic acids is 1. The maximum atomic E-state index is 12.8. The molecule has 8 nitrogen and oxygen atoms in total. The lowest BCUT2D eigenvalue weighted by molar-refractivity contribution is -0.676. The van der Waals surface area contributed by atoms with Gasteiger partial charge in [0.15, 0.2) is 28.2 Å². The zero-order chi connectivity index (χ0) is 20.7. The largest absolute Gasteiger partial charge is 1.00 e. The van der Waals surface area contributed by atoms with E-state index in [0.717, 1.165) is 29.9 Å². The smallest absolute Gasteiger partial charge is 0.277 e. The zero-order valence-corrected chi connectivity index (χ0v) is 20.0. The van der Waals surface area contributed by atoms with Crippen LogP contribution < -0.4 is 39.6 Å². The molecule has 0 atom stereocenters. The third-order valence-electron chi connectivity index (χ3n) is 4.88. The van der Waals surface area contributed by atoms with Gasteiger partial charge in [-0.25, -0.2) is 19.1 Å². The highest BCUT2D eigenvalue weighted by Gasteiger charge is 2.25. The second-order valence-corrected chi connectivity index (χ2v) is 7.36. The van der Waals surface area contributed by atoms with Gasteiger partial charge in [0.25, 0.3) is 11.7 Å². The number of rotatable bonds is 5. The number of fused-ring (bicyclic) bond motifs is 2. The van der Waals surface area contributed by atoms with Crippen molar-refractivity contribution in [2.24, 2.45) is 0 Å². The Morgan fingerprint density at radius 3 is 2.77 bits per heavy atom. The molecule has 0 saturated heterocycles. The number of nitrogens with zero attached hydrogens (tertiary/aromatic N) is 4. The number of aryl methyl sites for hydroxylation is 2. The molecule has 0 bridgehead atoms. The van der Waals surface area contributed by atoms with Crippen LogP contribution in [0.2, 0.25) is 10.0 Å². The molecule has 4 aromatic rings. The summed E-state index contributed by atoms with van der Waals surface area (Å²) in [6.07, 6.45) is 1.56.